The molecular formula is C21H22ClN5S. The third-order valence-corrected chi connectivity index (χ3v) is 6.28. The summed E-state index contributed by atoms with van der Waals surface area (Å²) in [6.45, 7) is 6.07. The highest BCUT2D eigenvalue weighted by molar-refractivity contribution is 7.09. The summed E-state index contributed by atoms with van der Waals surface area (Å²) in [6.07, 6.45) is 2.31. The second-order valence-electron chi connectivity index (χ2n) is 7.29. The van der Waals surface area contributed by atoms with Crippen LogP contribution in [0.3, 0.4) is 0 Å². The maximum atomic E-state index is 9.46. The van der Waals surface area contributed by atoms with Crippen molar-refractivity contribution in [1.29, 1.82) is 5.26 Å². The lowest BCUT2D eigenvalue weighted by Crippen LogP contribution is -2.35. The molecule has 1 fully saturated rings. The Morgan fingerprint density at radius 1 is 1.29 bits per heavy atom. The molecule has 1 saturated heterocycles. The van der Waals surface area contributed by atoms with Crippen molar-refractivity contribution in [2.24, 2.45) is 5.92 Å². The van der Waals surface area contributed by atoms with E-state index in [0.29, 0.717) is 16.5 Å². The van der Waals surface area contributed by atoms with Crippen LogP contribution in [-0.2, 0) is 6.54 Å². The van der Waals surface area contributed by atoms with E-state index in [0.717, 1.165) is 60.7 Å². The van der Waals surface area contributed by atoms with Crippen molar-refractivity contribution in [3.05, 3.63) is 50.9 Å². The molecule has 0 radical (unpaired) electrons. The average molecular weight is 412 g/mol. The Bertz CT molecular complexity index is 1020. The van der Waals surface area contributed by atoms with Gasteiger partial charge in [-0.1, -0.05) is 11.6 Å². The van der Waals surface area contributed by atoms with Crippen molar-refractivity contribution in [3.63, 3.8) is 0 Å². The molecule has 3 heterocycles. The number of likely N-dealkylation sites (tertiary alicyclic amines) is 1. The minimum Gasteiger partial charge on any atom is -0.370 e. The van der Waals surface area contributed by atoms with Crippen molar-refractivity contribution in [3.8, 4) is 6.07 Å². The number of nitrogens with zero attached hydrogens (tertiary/aromatic N) is 4. The topological polar surface area (TPSA) is 64.8 Å². The quantitative estimate of drug-likeness (QED) is 0.650. The fourth-order valence-electron chi connectivity index (χ4n) is 3.69. The number of nitrogens with one attached hydrogen (secondary N) is 1. The second kappa shape index (κ2) is 8.44. The Kier molecular flexibility index (Phi) is 5.77. The summed E-state index contributed by atoms with van der Waals surface area (Å²) >= 11 is 7.77. The van der Waals surface area contributed by atoms with Crippen LogP contribution in [0.2, 0.25) is 5.02 Å². The number of piperidine rings is 1. The smallest absolute Gasteiger partial charge is 0.127 e. The van der Waals surface area contributed by atoms with Crippen molar-refractivity contribution < 1.29 is 0 Å². The molecule has 0 atom stereocenters. The van der Waals surface area contributed by atoms with Crippen LogP contribution in [0.5, 0.6) is 0 Å². The summed E-state index contributed by atoms with van der Waals surface area (Å²) in [6, 6.07) is 9.54. The van der Waals surface area contributed by atoms with Crippen LogP contribution in [0.25, 0.3) is 10.9 Å². The molecule has 1 N–H and O–H groups in total. The third-order valence-electron chi connectivity index (χ3n) is 5.22. The van der Waals surface area contributed by atoms with Crippen LogP contribution in [0.1, 0.15) is 29.1 Å². The van der Waals surface area contributed by atoms with Crippen LogP contribution in [-0.4, -0.2) is 34.5 Å². The molecule has 28 heavy (non-hydrogen) atoms. The molecule has 0 amide bonds. The number of fused-ring (bicyclic) bond motifs is 1. The van der Waals surface area contributed by atoms with Gasteiger partial charge >= 0.3 is 0 Å². The number of anilines is 1. The standard InChI is InChI=1S/C21H22ClN5S/c1-14-25-18(13-28-14)12-27-6-4-15(5-7-27)11-24-21-8-16(10-23)19-9-17(22)2-3-20(19)26-21/h2-3,8-9,13,15H,4-7,11-12H2,1H3,(H,24,26). The second-order valence-corrected chi connectivity index (χ2v) is 8.79. The first-order valence-corrected chi connectivity index (χ1v) is 10.7. The van der Waals surface area contributed by atoms with Gasteiger partial charge in [-0.2, -0.15) is 5.26 Å². The van der Waals surface area contributed by atoms with Crippen LogP contribution in [0.15, 0.2) is 29.6 Å². The van der Waals surface area contributed by atoms with Crippen molar-refractivity contribution in [2.75, 3.05) is 25.0 Å². The Morgan fingerprint density at radius 3 is 2.82 bits per heavy atom. The summed E-state index contributed by atoms with van der Waals surface area (Å²) in [5.74, 6) is 1.37. The van der Waals surface area contributed by atoms with Crippen LogP contribution >= 0.6 is 22.9 Å². The summed E-state index contributed by atoms with van der Waals surface area (Å²) in [5.41, 5.74) is 2.58. The molecule has 0 saturated carbocycles. The highest BCUT2D eigenvalue weighted by atomic mass is 35.5. The number of pyridine rings is 1. The zero-order valence-corrected chi connectivity index (χ0v) is 17.4. The van der Waals surface area contributed by atoms with Crippen molar-refractivity contribution in [2.45, 2.75) is 26.3 Å². The third kappa shape index (κ3) is 4.44. The molecule has 1 aliphatic rings. The van der Waals surface area contributed by atoms with Crippen molar-refractivity contribution >= 4 is 39.7 Å². The lowest BCUT2D eigenvalue weighted by atomic mass is 9.96. The first kappa shape index (κ1) is 19.1. The molecule has 0 unspecified atom stereocenters. The zero-order chi connectivity index (χ0) is 19.5. The monoisotopic (exact) mass is 411 g/mol. The molecular weight excluding hydrogens is 390 g/mol. The lowest BCUT2D eigenvalue weighted by molar-refractivity contribution is 0.181. The van der Waals surface area contributed by atoms with Gasteiger partial charge in [0.25, 0.3) is 0 Å². The summed E-state index contributed by atoms with van der Waals surface area (Å²) in [4.78, 5) is 11.7. The molecule has 7 heteroatoms. The molecule has 2 aromatic heterocycles. The number of aryl methyl sites for hydroxylation is 1. The van der Waals surface area contributed by atoms with E-state index in [1.807, 2.05) is 12.1 Å². The number of hydrogen-bond acceptors (Lipinski definition) is 6. The summed E-state index contributed by atoms with van der Waals surface area (Å²) in [5, 5.41) is 17.6. The number of aromatic nitrogens is 2. The summed E-state index contributed by atoms with van der Waals surface area (Å²) in [7, 11) is 0. The minimum absolute atomic E-state index is 0.600. The molecule has 0 aliphatic carbocycles. The van der Waals surface area contributed by atoms with Gasteiger partial charge in [0.15, 0.2) is 0 Å². The molecule has 0 spiro atoms. The molecule has 144 valence electrons. The predicted molar refractivity (Wildman–Crippen MR) is 115 cm³/mol. The maximum Gasteiger partial charge on any atom is 0.127 e. The van der Waals surface area contributed by atoms with Crippen LogP contribution in [0, 0.1) is 24.2 Å². The van der Waals surface area contributed by atoms with Gasteiger partial charge in [-0.05, 0) is 63.0 Å². The predicted octanol–water partition coefficient (Wildman–Crippen LogP) is 4.85. The number of halogens is 1. The minimum atomic E-state index is 0.600. The number of thiazole rings is 1. The molecule has 3 aromatic rings. The van der Waals surface area contributed by atoms with Gasteiger partial charge in [0.05, 0.1) is 27.9 Å². The van der Waals surface area contributed by atoms with E-state index in [1.165, 1.54) is 5.69 Å². The number of hydrogen-bond donors (Lipinski definition) is 1. The SMILES string of the molecule is Cc1nc(CN2CCC(CNc3cc(C#N)c4cc(Cl)ccc4n3)CC2)cs1. The average Bonchev–Trinajstić information content (AvgIpc) is 3.11. The van der Waals surface area contributed by atoms with Crippen LogP contribution < -0.4 is 5.32 Å². The molecule has 1 aliphatic heterocycles. The van der Waals surface area contributed by atoms with E-state index in [9.17, 15) is 5.26 Å². The van der Waals surface area contributed by atoms with E-state index >= 15 is 0 Å². The Hall–Kier alpha value is -2.20. The Balaban J connectivity index is 1.34. The fourth-order valence-corrected chi connectivity index (χ4v) is 4.46. The Morgan fingerprint density at radius 2 is 2.11 bits per heavy atom. The van der Waals surface area contributed by atoms with E-state index < -0.39 is 0 Å². The van der Waals surface area contributed by atoms with E-state index in [-0.39, 0.29) is 0 Å². The largest absolute Gasteiger partial charge is 0.370 e. The number of benzene rings is 1. The zero-order valence-electron chi connectivity index (χ0n) is 15.8. The molecule has 0 bridgehead atoms. The molecule has 4 rings (SSSR count). The first-order chi connectivity index (χ1) is 13.6. The summed E-state index contributed by atoms with van der Waals surface area (Å²) < 4.78 is 0. The molecule has 1 aromatic carbocycles. The van der Waals surface area contributed by atoms with Gasteiger partial charge in [-0.15, -0.1) is 11.3 Å². The normalized spacial score (nSPS) is 15.6. The number of nitriles is 1. The molecule has 5 nitrogen and oxygen atoms in total. The van der Waals surface area contributed by atoms with Gasteiger partial charge in [0, 0.05) is 28.9 Å². The van der Waals surface area contributed by atoms with E-state index in [2.05, 4.69) is 38.6 Å². The Labute approximate surface area is 174 Å². The van der Waals surface area contributed by atoms with Gasteiger partial charge < -0.3 is 5.32 Å². The number of rotatable bonds is 5. The van der Waals surface area contributed by atoms with Gasteiger partial charge in [0.2, 0.25) is 0 Å². The fraction of sp³-hybridized carbons (Fsp3) is 0.381. The van der Waals surface area contributed by atoms with Crippen molar-refractivity contribution in [1.82, 2.24) is 14.9 Å². The highest BCUT2D eigenvalue weighted by Crippen LogP contribution is 2.25. The van der Waals surface area contributed by atoms with Crippen LogP contribution in [0.4, 0.5) is 5.82 Å². The highest BCUT2D eigenvalue weighted by Gasteiger charge is 2.20. The first-order valence-electron chi connectivity index (χ1n) is 9.48. The van der Waals surface area contributed by atoms with E-state index in [4.69, 9.17) is 11.6 Å². The lowest BCUT2D eigenvalue weighted by Gasteiger charge is -2.31. The van der Waals surface area contributed by atoms with Gasteiger partial charge in [-0.25, -0.2) is 9.97 Å². The maximum absolute atomic E-state index is 9.46. The van der Waals surface area contributed by atoms with Gasteiger partial charge in [-0.3, -0.25) is 4.90 Å². The van der Waals surface area contributed by atoms with Gasteiger partial charge in [0.1, 0.15) is 5.82 Å². The van der Waals surface area contributed by atoms with E-state index in [1.54, 1.807) is 23.5 Å².